The monoisotopic (exact) mass is 275 g/mol. The van der Waals surface area contributed by atoms with E-state index in [2.05, 4.69) is 19.1 Å². The van der Waals surface area contributed by atoms with Crippen molar-refractivity contribution in [2.75, 3.05) is 0 Å². The number of hydrogen-bond acceptors (Lipinski definition) is 2. The second-order valence-corrected chi connectivity index (χ2v) is 5.93. The molecule has 100 valence electrons. The quantitative estimate of drug-likeness (QED) is 0.906. The predicted molar refractivity (Wildman–Crippen MR) is 79.1 cm³/mol. The molecule has 0 spiro atoms. The van der Waals surface area contributed by atoms with Crippen molar-refractivity contribution >= 4 is 11.8 Å². The topological polar surface area (TPSA) is 26.0 Å². The highest BCUT2D eigenvalue weighted by atomic mass is 32.2. The van der Waals surface area contributed by atoms with Crippen LogP contribution in [0, 0.1) is 12.7 Å². The maximum Gasteiger partial charge on any atom is 0.127 e. The fraction of sp³-hybridized carbons (Fsp3) is 0.250. The van der Waals surface area contributed by atoms with Crippen molar-refractivity contribution in [1.82, 2.24) is 0 Å². The molecule has 0 radical (unpaired) electrons. The first-order valence-electron chi connectivity index (χ1n) is 6.34. The summed E-state index contributed by atoms with van der Waals surface area (Å²) in [5.41, 5.74) is 7.72. The first-order valence-corrected chi connectivity index (χ1v) is 7.15. The molecule has 2 aromatic carbocycles. The van der Waals surface area contributed by atoms with Gasteiger partial charge in [0.2, 0.25) is 0 Å². The third-order valence-electron chi connectivity index (χ3n) is 2.82. The fourth-order valence-corrected chi connectivity index (χ4v) is 3.06. The van der Waals surface area contributed by atoms with Crippen LogP contribution in [0.15, 0.2) is 52.3 Å². The van der Waals surface area contributed by atoms with Gasteiger partial charge in [0.05, 0.1) is 0 Å². The lowest BCUT2D eigenvalue weighted by Gasteiger charge is -2.12. The molecule has 2 rings (SSSR count). The Kier molecular flexibility index (Phi) is 4.61. The number of benzene rings is 2. The zero-order valence-corrected chi connectivity index (χ0v) is 12.0. The molecule has 0 aromatic heterocycles. The number of nitrogens with two attached hydrogens (primary N) is 1. The second-order valence-electron chi connectivity index (χ2n) is 4.82. The zero-order valence-electron chi connectivity index (χ0n) is 11.2. The standard InChI is InChI=1S/C16H18FNS/c1-11-5-3-6-13(9-11)19-16-8-4-7-15(17)14(16)10-12(2)18/h3-9,12H,10,18H2,1-2H3. The highest BCUT2D eigenvalue weighted by Gasteiger charge is 2.11. The Labute approximate surface area is 118 Å². The molecule has 19 heavy (non-hydrogen) atoms. The van der Waals surface area contributed by atoms with Gasteiger partial charge >= 0.3 is 0 Å². The van der Waals surface area contributed by atoms with Crippen LogP contribution in [0.25, 0.3) is 0 Å². The van der Waals surface area contributed by atoms with E-state index < -0.39 is 0 Å². The van der Waals surface area contributed by atoms with Gasteiger partial charge in [-0.1, -0.05) is 35.5 Å². The normalized spacial score (nSPS) is 12.4. The molecule has 0 saturated carbocycles. The minimum absolute atomic E-state index is 0.0474. The molecule has 0 amide bonds. The molecule has 0 aliphatic heterocycles. The van der Waals surface area contributed by atoms with Crippen molar-refractivity contribution in [3.05, 3.63) is 59.4 Å². The van der Waals surface area contributed by atoms with Crippen molar-refractivity contribution in [2.45, 2.75) is 36.1 Å². The molecule has 0 heterocycles. The summed E-state index contributed by atoms with van der Waals surface area (Å²) in [6, 6.07) is 13.4. The van der Waals surface area contributed by atoms with E-state index in [1.165, 1.54) is 11.6 Å². The van der Waals surface area contributed by atoms with E-state index >= 15 is 0 Å². The molecule has 0 fully saturated rings. The Morgan fingerprint density at radius 1 is 1.21 bits per heavy atom. The van der Waals surface area contributed by atoms with Gasteiger partial charge in [-0.3, -0.25) is 0 Å². The van der Waals surface area contributed by atoms with Crippen LogP contribution in [-0.2, 0) is 6.42 Å². The lowest BCUT2D eigenvalue weighted by Crippen LogP contribution is -2.19. The average molecular weight is 275 g/mol. The summed E-state index contributed by atoms with van der Waals surface area (Å²) in [5.74, 6) is -0.171. The molecule has 1 nitrogen and oxygen atoms in total. The highest BCUT2D eigenvalue weighted by molar-refractivity contribution is 7.99. The molecular formula is C16H18FNS. The van der Waals surface area contributed by atoms with E-state index in [0.717, 1.165) is 9.79 Å². The van der Waals surface area contributed by atoms with E-state index in [4.69, 9.17) is 5.73 Å². The molecule has 0 saturated heterocycles. The fourth-order valence-electron chi connectivity index (χ4n) is 1.96. The highest BCUT2D eigenvalue weighted by Crippen LogP contribution is 2.32. The molecule has 2 aromatic rings. The molecule has 0 aliphatic rings. The van der Waals surface area contributed by atoms with Crippen LogP contribution in [0.5, 0.6) is 0 Å². The summed E-state index contributed by atoms with van der Waals surface area (Å²) < 4.78 is 13.9. The van der Waals surface area contributed by atoms with Crippen LogP contribution < -0.4 is 5.73 Å². The van der Waals surface area contributed by atoms with Crippen LogP contribution in [0.3, 0.4) is 0 Å². The molecular weight excluding hydrogens is 257 g/mol. The summed E-state index contributed by atoms with van der Waals surface area (Å²) >= 11 is 1.59. The SMILES string of the molecule is Cc1cccc(Sc2cccc(F)c2CC(C)N)c1. The zero-order chi connectivity index (χ0) is 13.8. The van der Waals surface area contributed by atoms with Gasteiger partial charge in [0.15, 0.2) is 0 Å². The third kappa shape index (κ3) is 3.82. The first-order chi connectivity index (χ1) is 9.06. The lowest BCUT2D eigenvalue weighted by molar-refractivity contribution is 0.588. The van der Waals surface area contributed by atoms with Crippen LogP contribution in [0.2, 0.25) is 0 Å². The van der Waals surface area contributed by atoms with Gasteiger partial charge in [0.25, 0.3) is 0 Å². The van der Waals surface area contributed by atoms with Gasteiger partial charge in [-0.2, -0.15) is 0 Å². The third-order valence-corrected chi connectivity index (χ3v) is 3.91. The molecule has 1 atom stereocenters. The lowest BCUT2D eigenvalue weighted by atomic mass is 10.1. The van der Waals surface area contributed by atoms with E-state index in [1.54, 1.807) is 17.8 Å². The minimum Gasteiger partial charge on any atom is -0.328 e. The van der Waals surface area contributed by atoms with Gasteiger partial charge in [-0.05, 0) is 44.5 Å². The summed E-state index contributed by atoms with van der Waals surface area (Å²) in [7, 11) is 0. The Balaban J connectivity index is 2.31. The van der Waals surface area contributed by atoms with E-state index in [-0.39, 0.29) is 11.9 Å². The summed E-state index contributed by atoms with van der Waals surface area (Å²) in [4.78, 5) is 2.07. The molecule has 0 aliphatic carbocycles. The Morgan fingerprint density at radius 3 is 2.63 bits per heavy atom. The van der Waals surface area contributed by atoms with Crippen molar-refractivity contribution < 1.29 is 4.39 Å². The molecule has 1 unspecified atom stereocenters. The summed E-state index contributed by atoms with van der Waals surface area (Å²) in [6.07, 6.45) is 0.556. The molecule has 2 N–H and O–H groups in total. The number of rotatable bonds is 4. The van der Waals surface area contributed by atoms with Crippen LogP contribution >= 0.6 is 11.8 Å². The van der Waals surface area contributed by atoms with E-state index in [0.29, 0.717) is 12.0 Å². The Hall–Kier alpha value is -1.32. The van der Waals surface area contributed by atoms with Crippen LogP contribution in [-0.4, -0.2) is 6.04 Å². The first kappa shape index (κ1) is 14.1. The van der Waals surface area contributed by atoms with Gasteiger partial charge in [-0.15, -0.1) is 0 Å². The van der Waals surface area contributed by atoms with Gasteiger partial charge in [0.1, 0.15) is 5.82 Å². The average Bonchev–Trinajstić information content (AvgIpc) is 2.33. The van der Waals surface area contributed by atoms with Gasteiger partial charge < -0.3 is 5.73 Å². The Morgan fingerprint density at radius 2 is 1.95 bits per heavy atom. The smallest absolute Gasteiger partial charge is 0.127 e. The summed E-state index contributed by atoms with van der Waals surface area (Å²) in [6.45, 7) is 3.95. The van der Waals surface area contributed by atoms with Crippen molar-refractivity contribution in [1.29, 1.82) is 0 Å². The van der Waals surface area contributed by atoms with Gasteiger partial charge in [-0.25, -0.2) is 4.39 Å². The minimum atomic E-state index is -0.171. The van der Waals surface area contributed by atoms with Crippen LogP contribution in [0.1, 0.15) is 18.1 Å². The van der Waals surface area contributed by atoms with E-state index in [1.807, 2.05) is 25.1 Å². The second kappa shape index (κ2) is 6.22. The van der Waals surface area contributed by atoms with E-state index in [9.17, 15) is 4.39 Å². The summed E-state index contributed by atoms with van der Waals surface area (Å²) in [5, 5.41) is 0. The number of aryl methyl sites for hydroxylation is 1. The van der Waals surface area contributed by atoms with Crippen molar-refractivity contribution in [2.24, 2.45) is 5.73 Å². The largest absolute Gasteiger partial charge is 0.328 e. The molecule has 0 bridgehead atoms. The number of hydrogen-bond donors (Lipinski definition) is 1. The molecule has 3 heteroatoms. The van der Waals surface area contributed by atoms with Gasteiger partial charge in [0, 0.05) is 21.4 Å². The maximum atomic E-state index is 13.9. The number of halogens is 1. The van der Waals surface area contributed by atoms with Crippen molar-refractivity contribution in [3.63, 3.8) is 0 Å². The van der Waals surface area contributed by atoms with Crippen LogP contribution in [0.4, 0.5) is 4.39 Å². The van der Waals surface area contributed by atoms with Crippen molar-refractivity contribution in [3.8, 4) is 0 Å². The maximum absolute atomic E-state index is 13.9. The predicted octanol–water partition coefficient (Wildman–Crippen LogP) is 4.18. The Bertz CT molecular complexity index is 566.